The molecule has 0 aliphatic carbocycles. The third-order valence-electron chi connectivity index (χ3n) is 2.91. The van der Waals surface area contributed by atoms with Gasteiger partial charge in [0.1, 0.15) is 0 Å². The van der Waals surface area contributed by atoms with Gasteiger partial charge in [-0.1, -0.05) is 28.1 Å². The molecule has 1 N–H and O–H groups in total. The zero-order chi connectivity index (χ0) is 16.6. The highest BCUT2D eigenvalue weighted by molar-refractivity contribution is 9.10. The summed E-state index contributed by atoms with van der Waals surface area (Å²) in [6.45, 7) is 0.983. The Labute approximate surface area is 140 Å². The van der Waals surface area contributed by atoms with Crippen LogP contribution in [-0.4, -0.2) is 51.7 Å². The van der Waals surface area contributed by atoms with E-state index in [2.05, 4.69) is 21.2 Å². The standard InChI is InChI=1S/C14H21BrN2O4S/c1-21-9-3-8-16-14(18)11-17(22(2,19)20)10-12-4-6-13(15)7-5-12/h4-7H,3,8-11H2,1-2H3,(H,16,18). The molecule has 0 bridgehead atoms. The Kier molecular flexibility index (Phi) is 8.02. The summed E-state index contributed by atoms with van der Waals surface area (Å²) in [4.78, 5) is 11.8. The molecule has 0 aliphatic heterocycles. The maximum absolute atomic E-state index is 11.8. The van der Waals surface area contributed by atoms with E-state index in [0.29, 0.717) is 19.6 Å². The highest BCUT2D eigenvalue weighted by Gasteiger charge is 2.20. The van der Waals surface area contributed by atoms with Crippen molar-refractivity contribution >= 4 is 31.9 Å². The average Bonchev–Trinajstić information content (AvgIpc) is 2.44. The third-order valence-corrected chi connectivity index (χ3v) is 4.63. The number of carbonyl (C=O) groups is 1. The quantitative estimate of drug-likeness (QED) is 0.643. The molecule has 0 unspecified atom stereocenters. The average molecular weight is 393 g/mol. The van der Waals surface area contributed by atoms with Gasteiger partial charge in [0.2, 0.25) is 15.9 Å². The number of halogens is 1. The van der Waals surface area contributed by atoms with E-state index in [4.69, 9.17) is 4.74 Å². The van der Waals surface area contributed by atoms with Gasteiger partial charge in [-0.25, -0.2) is 8.42 Å². The van der Waals surface area contributed by atoms with Crippen LogP contribution in [0.5, 0.6) is 0 Å². The number of nitrogens with zero attached hydrogens (tertiary/aromatic N) is 1. The molecule has 1 aromatic carbocycles. The van der Waals surface area contributed by atoms with E-state index in [1.807, 2.05) is 24.3 Å². The van der Waals surface area contributed by atoms with Crippen LogP contribution in [0.4, 0.5) is 0 Å². The lowest BCUT2D eigenvalue weighted by Crippen LogP contribution is -2.40. The maximum atomic E-state index is 11.8. The molecule has 1 rings (SSSR count). The number of ether oxygens (including phenoxy) is 1. The van der Waals surface area contributed by atoms with Crippen LogP contribution in [0.15, 0.2) is 28.7 Å². The lowest BCUT2D eigenvalue weighted by molar-refractivity contribution is -0.121. The molecule has 0 saturated heterocycles. The Morgan fingerprint density at radius 3 is 2.50 bits per heavy atom. The van der Waals surface area contributed by atoms with E-state index < -0.39 is 10.0 Å². The molecule has 124 valence electrons. The highest BCUT2D eigenvalue weighted by atomic mass is 79.9. The van der Waals surface area contributed by atoms with Crippen LogP contribution >= 0.6 is 15.9 Å². The molecule has 8 heteroatoms. The number of nitrogens with one attached hydrogen (secondary N) is 1. The number of hydrogen-bond donors (Lipinski definition) is 1. The van der Waals surface area contributed by atoms with Gasteiger partial charge in [0.25, 0.3) is 0 Å². The Morgan fingerprint density at radius 1 is 1.32 bits per heavy atom. The molecule has 22 heavy (non-hydrogen) atoms. The second kappa shape index (κ2) is 9.24. The fourth-order valence-corrected chi connectivity index (χ4v) is 2.74. The van der Waals surface area contributed by atoms with Crippen LogP contribution < -0.4 is 5.32 Å². The van der Waals surface area contributed by atoms with Crippen LogP contribution in [0, 0.1) is 0 Å². The van der Waals surface area contributed by atoms with Gasteiger partial charge < -0.3 is 10.1 Å². The normalized spacial score (nSPS) is 11.6. The number of rotatable bonds is 9. The fraction of sp³-hybridized carbons (Fsp3) is 0.500. The number of methoxy groups -OCH3 is 1. The van der Waals surface area contributed by atoms with Gasteiger partial charge in [-0.3, -0.25) is 4.79 Å². The molecule has 0 fully saturated rings. The third kappa shape index (κ3) is 7.35. The smallest absolute Gasteiger partial charge is 0.235 e. The minimum Gasteiger partial charge on any atom is -0.385 e. The SMILES string of the molecule is COCCCNC(=O)CN(Cc1ccc(Br)cc1)S(C)(=O)=O. The van der Waals surface area contributed by atoms with E-state index in [9.17, 15) is 13.2 Å². The molecule has 0 spiro atoms. The molecule has 0 atom stereocenters. The second-order valence-corrected chi connectivity index (χ2v) is 7.75. The summed E-state index contributed by atoms with van der Waals surface area (Å²) in [7, 11) is -1.88. The molecule has 0 radical (unpaired) electrons. The molecular weight excluding hydrogens is 372 g/mol. The Bertz CT molecular complexity index is 575. The lowest BCUT2D eigenvalue weighted by atomic mass is 10.2. The first-order valence-electron chi connectivity index (χ1n) is 6.78. The van der Waals surface area contributed by atoms with Crippen molar-refractivity contribution in [2.45, 2.75) is 13.0 Å². The predicted octanol–water partition coefficient (Wildman–Crippen LogP) is 1.36. The van der Waals surface area contributed by atoms with Crippen molar-refractivity contribution in [2.75, 3.05) is 33.1 Å². The van der Waals surface area contributed by atoms with Crippen molar-refractivity contribution in [3.63, 3.8) is 0 Å². The summed E-state index contributed by atoms with van der Waals surface area (Å²) in [5.41, 5.74) is 0.820. The minimum absolute atomic E-state index is 0.164. The van der Waals surface area contributed by atoms with Gasteiger partial charge >= 0.3 is 0 Å². The Morgan fingerprint density at radius 2 is 1.95 bits per heavy atom. The van der Waals surface area contributed by atoms with Gasteiger partial charge in [-0.15, -0.1) is 0 Å². The first-order chi connectivity index (χ1) is 10.3. The van der Waals surface area contributed by atoms with E-state index in [-0.39, 0.29) is 19.0 Å². The van der Waals surface area contributed by atoms with Crippen molar-refractivity contribution in [1.82, 2.24) is 9.62 Å². The van der Waals surface area contributed by atoms with Gasteiger partial charge in [0.15, 0.2) is 0 Å². The van der Waals surface area contributed by atoms with Gasteiger partial charge in [0, 0.05) is 31.3 Å². The van der Waals surface area contributed by atoms with Crippen molar-refractivity contribution in [2.24, 2.45) is 0 Å². The topological polar surface area (TPSA) is 75.7 Å². The van der Waals surface area contributed by atoms with E-state index in [1.165, 1.54) is 0 Å². The Balaban J connectivity index is 2.62. The van der Waals surface area contributed by atoms with Crippen LogP contribution in [0.2, 0.25) is 0 Å². The summed E-state index contributed by atoms with van der Waals surface area (Å²) in [5.74, 6) is -0.321. The van der Waals surface area contributed by atoms with Crippen LogP contribution in [-0.2, 0) is 26.1 Å². The molecule has 1 amide bonds. The molecule has 0 saturated carbocycles. The highest BCUT2D eigenvalue weighted by Crippen LogP contribution is 2.13. The van der Waals surface area contributed by atoms with Gasteiger partial charge in [0.05, 0.1) is 12.8 Å². The zero-order valence-corrected chi connectivity index (χ0v) is 15.1. The summed E-state index contributed by atoms with van der Waals surface area (Å²) in [6, 6.07) is 7.30. The fourth-order valence-electron chi connectivity index (χ4n) is 1.74. The number of amides is 1. The zero-order valence-electron chi connectivity index (χ0n) is 12.7. The molecule has 0 aliphatic rings. The molecule has 1 aromatic rings. The molecular formula is C14H21BrN2O4S. The van der Waals surface area contributed by atoms with Crippen molar-refractivity contribution in [3.05, 3.63) is 34.3 Å². The van der Waals surface area contributed by atoms with Crippen molar-refractivity contribution in [1.29, 1.82) is 0 Å². The number of hydrogen-bond acceptors (Lipinski definition) is 4. The summed E-state index contributed by atoms with van der Waals surface area (Å²) >= 11 is 3.33. The molecule has 0 aromatic heterocycles. The largest absolute Gasteiger partial charge is 0.385 e. The summed E-state index contributed by atoms with van der Waals surface area (Å²) < 4.78 is 30.6. The first-order valence-corrected chi connectivity index (χ1v) is 9.42. The monoisotopic (exact) mass is 392 g/mol. The maximum Gasteiger partial charge on any atom is 0.235 e. The van der Waals surface area contributed by atoms with E-state index in [1.54, 1.807) is 7.11 Å². The summed E-state index contributed by atoms with van der Waals surface area (Å²) in [6.07, 6.45) is 1.79. The van der Waals surface area contributed by atoms with E-state index >= 15 is 0 Å². The summed E-state index contributed by atoms with van der Waals surface area (Å²) in [5, 5.41) is 2.68. The molecule has 0 heterocycles. The second-order valence-electron chi connectivity index (χ2n) is 4.85. The first kappa shape index (κ1) is 19.1. The van der Waals surface area contributed by atoms with Gasteiger partial charge in [-0.05, 0) is 24.1 Å². The van der Waals surface area contributed by atoms with Crippen LogP contribution in [0.1, 0.15) is 12.0 Å². The van der Waals surface area contributed by atoms with Crippen molar-refractivity contribution < 1.29 is 17.9 Å². The number of benzene rings is 1. The Hall–Kier alpha value is -0.960. The predicted molar refractivity (Wildman–Crippen MR) is 88.9 cm³/mol. The van der Waals surface area contributed by atoms with E-state index in [0.717, 1.165) is 20.6 Å². The van der Waals surface area contributed by atoms with Crippen LogP contribution in [0.25, 0.3) is 0 Å². The lowest BCUT2D eigenvalue weighted by Gasteiger charge is -2.19. The van der Waals surface area contributed by atoms with Crippen molar-refractivity contribution in [3.8, 4) is 0 Å². The molecule has 6 nitrogen and oxygen atoms in total. The minimum atomic E-state index is -3.47. The number of carbonyl (C=O) groups excluding carboxylic acids is 1. The number of sulfonamides is 1. The van der Waals surface area contributed by atoms with Crippen LogP contribution in [0.3, 0.4) is 0 Å². The van der Waals surface area contributed by atoms with Gasteiger partial charge in [-0.2, -0.15) is 4.31 Å².